The summed E-state index contributed by atoms with van der Waals surface area (Å²) < 4.78 is 6.29. The first-order valence-corrected chi connectivity index (χ1v) is 8.88. The Balaban J connectivity index is 1.85. The lowest BCUT2D eigenvalue weighted by molar-refractivity contribution is 0.673. The zero-order valence-electron chi connectivity index (χ0n) is 14.4. The molecule has 1 nitrogen and oxygen atoms in total. The van der Waals surface area contributed by atoms with Crippen LogP contribution in [-0.4, -0.2) is 0 Å². The molecule has 0 aliphatic carbocycles. The van der Waals surface area contributed by atoms with Crippen LogP contribution >= 0.6 is 0 Å². The zero-order valence-corrected chi connectivity index (χ0v) is 14.4. The first kappa shape index (κ1) is 15.0. The van der Waals surface area contributed by atoms with Crippen LogP contribution in [0.1, 0.15) is 5.56 Å². The van der Waals surface area contributed by atoms with Crippen LogP contribution in [0, 0.1) is 0 Å². The van der Waals surface area contributed by atoms with Crippen molar-refractivity contribution in [3.05, 3.63) is 97.1 Å². The first-order chi connectivity index (χ1) is 12.8. The fourth-order valence-electron chi connectivity index (χ4n) is 3.83. The first-order valence-electron chi connectivity index (χ1n) is 8.88. The molecular formula is C25H18O. The molecule has 0 bridgehead atoms. The normalized spacial score (nSPS) is 11.4. The van der Waals surface area contributed by atoms with Crippen LogP contribution in [0.3, 0.4) is 0 Å². The zero-order chi connectivity index (χ0) is 17.5. The van der Waals surface area contributed by atoms with E-state index < -0.39 is 0 Å². The standard InChI is InChI=1S/C25H18O/c1-2-7-17-8-5-10-19(16-17)20-12-6-13-23-24(20)22-15-14-18-9-3-4-11-21(18)25(22)26-23/h2-6,8-16H,1,7H2. The van der Waals surface area contributed by atoms with Gasteiger partial charge in [-0.1, -0.05) is 72.8 Å². The summed E-state index contributed by atoms with van der Waals surface area (Å²) in [4.78, 5) is 0. The summed E-state index contributed by atoms with van der Waals surface area (Å²) in [6.45, 7) is 3.85. The quantitative estimate of drug-likeness (QED) is 0.320. The maximum atomic E-state index is 6.29. The largest absolute Gasteiger partial charge is 0.455 e. The number of rotatable bonds is 3. The van der Waals surface area contributed by atoms with Crippen molar-refractivity contribution in [2.75, 3.05) is 0 Å². The second kappa shape index (κ2) is 5.89. The number of hydrogen-bond donors (Lipinski definition) is 0. The van der Waals surface area contributed by atoms with Crippen LogP contribution in [0.5, 0.6) is 0 Å². The van der Waals surface area contributed by atoms with E-state index in [0.717, 1.165) is 23.0 Å². The molecule has 1 aromatic heterocycles. The van der Waals surface area contributed by atoms with E-state index in [2.05, 4.69) is 85.4 Å². The Morgan fingerprint density at radius 2 is 1.69 bits per heavy atom. The highest BCUT2D eigenvalue weighted by Crippen LogP contribution is 2.39. The third-order valence-corrected chi connectivity index (χ3v) is 5.01. The average Bonchev–Trinajstić information content (AvgIpc) is 3.08. The van der Waals surface area contributed by atoms with Crippen LogP contribution in [-0.2, 0) is 6.42 Å². The van der Waals surface area contributed by atoms with Crippen molar-refractivity contribution in [2.45, 2.75) is 6.42 Å². The van der Waals surface area contributed by atoms with E-state index in [4.69, 9.17) is 4.42 Å². The minimum atomic E-state index is 0.876. The van der Waals surface area contributed by atoms with Gasteiger partial charge in [-0.25, -0.2) is 0 Å². The van der Waals surface area contributed by atoms with Gasteiger partial charge in [-0.15, -0.1) is 6.58 Å². The smallest absolute Gasteiger partial charge is 0.143 e. The molecule has 5 aromatic rings. The lowest BCUT2D eigenvalue weighted by atomic mass is 9.96. The van der Waals surface area contributed by atoms with Gasteiger partial charge in [0.05, 0.1) is 0 Å². The molecule has 0 radical (unpaired) electrons. The van der Waals surface area contributed by atoms with Crippen molar-refractivity contribution in [1.29, 1.82) is 0 Å². The SMILES string of the molecule is C=CCc1cccc(-c2cccc3oc4c5ccccc5ccc4c23)c1. The van der Waals surface area contributed by atoms with Gasteiger partial charge in [0.2, 0.25) is 0 Å². The fourth-order valence-corrected chi connectivity index (χ4v) is 3.83. The Hall–Kier alpha value is -3.32. The summed E-state index contributed by atoms with van der Waals surface area (Å²) in [5.41, 5.74) is 5.59. The summed E-state index contributed by atoms with van der Waals surface area (Å²) in [6, 6.07) is 27.7. The van der Waals surface area contributed by atoms with Gasteiger partial charge in [0.15, 0.2) is 0 Å². The molecule has 4 aromatic carbocycles. The minimum absolute atomic E-state index is 0.876. The van der Waals surface area contributed by atoms with E-state index >= 15 is 0 Å². The molecule has 0 spiro atoms. The van der Waals surface area contributed by atoms with Crippen molar-refractivity contribution in [3.63, 3.8) is 0 Å². The molecule has 0 saturated heterocycles. The van der Waals surface area contributed by atoms with Crippen LogP contribution in [0.25, 0.3) is 43.8 Å². The summed E-state index contributed by atoms with van der Waals surface area (Å²) in [5, 5.41) is 4.72. The molecule has 5 rings (SSSR count). The molecule has 1 heterocycles. The molecule has 0 aliphatic heterocycles. The topological polar surface area (TPSA) is 13.1 Å². The molecule has 0 saturated carbocycles. The summed E-state index contributed by atoms with van der Waals surface area (Å²) in [7, 11) is 0. The fraction of sp³-hybridized carbons (Fsp3) is 0.0400. The van der Waals surface area contributed by atoms with Crippen molar-refractivity contribution in [1.82, 2.24) is 0 Å². The molecule has 0 fully saturated rings. The third kappa shape index (κ3) is 2.25. The summed E-state index contributed by atoms with van der Waals surface area (Å²) in [6.07, 6.45) is 2.82. The van der Waals surface area contributed by atoms with E-state index in [-0.39, 0.29) is 0 Å². The Bertz CT molecular complexity index is 1270. The van der Waals surface area contributed by atoms with E-state index in [1.165, 1.54) is 32.8 Å². The van der Waals surface area contributed by atoms with Crippen LogP contribution in [0.4, 0.5) is 0 Å². The van der Waals surface area contributed by atoms with E-state index in [1.807, 2.05) is 6.08 Å². The number of furan rings is 1. The van der Waals surface area contributed by atoms with Crippen LogP contribution in [0.2, 0.25) is 0 Å². The highest BCUT2D eigenvalue weighted by Gasteiger charge is 2.14. The van der Waals surface area contributed by atoms with Gasteiger partial charge in [0, 0.05) is 16.2 Å². The molecule has 0 amide bonds. The molecule has 124 valence electrons. The van der Waals surface area contributed by atoms with Crippen molar-refractivity contribution < 1.29 is 4.42 Å². The number of fused-ring (bicyclic) bond motifs is 5. The Labute approximate surface area is 152 Å². The predicted molar refractivity (Wildman–Crippen MR) is 111 cm³/mol. The molecule has 0 N–H and O–H groups in total. The van der Waals surface area contributed by atoms with Crippen LogP contribution in [0.15, 0.2) is 95.9 Å². The highest BCUT2D eigenvalue weighted by atomic mass is 16.3. The van der Waals surface area contributed by atoms with Crippen molar-refractivity contribution in [3.8, 4) is 11.1 Å². The second-order valence-electron chi connectivity index (χ2n) is 6.64. The number of benzene rings is 4. The van der Waals surface area contributed by atoms with E-state index in [1.54, 1.807) is 0 Å². The molecular weight excluding hydrogens is 316 g/mol. The third-order valence-electron chi connectivity index (χ3n) is 5.01. The van der Waals surface area contributed by atoms with Crippen molar-refractivity contribution in [2.24, 2.45) is 0 Å². The Kier molecular flexibility index (Phi) is 3.39. The van der Waals surface area contributed by atoms with Crippen LogP contribution < -0.4 is 0 Å². The van der Waals surface area contributed by atoms with Gasteiger partial charge < -0.3 is 4.42 Å². The Morgan fingerprint density at radius 1 is 0.808 bits per heavy atom. The number of allylic oxidation sites excluding steroid dienone is 1. The van der Waals surface area contributed by atoms with Gasteiger partial charge in [0.25, 0.3) is 0 Å². The van der Waals surface area contributed by atoms with E-state index in [9.17, 15) is 0 Å². The monoisotopic (exact) mass is 334 g/mol. The van der Waals surface area contributed by atoms with Crippen molar-refractivity contribution >= 4 is 32.7 Å². The lowest BCUT2D eigenvalue weighted by Gasteiger charge is -2.06. The summed E-state index contributed by atoms with van der Waals surface area (Å²) >= 11 is 0. The molecule has 26 heavy (non-hydrogen) atoms. The molecule has 0 atom stereocenters. The average molecular weight is 334 g/mol. The maximum Gasteiger partial charge on any atom is 0.143 e. The molecule has 1 heteroatoms. The van der Waals surface area contributed by atoms with Gasteiger partial charge in [-0.2, -0.15) is 0 Å². The van der Waals surface area contributed by atoms with E-state index in [0.29, 0.717) is 0 Å². The number of hydrogen-bond acceptors (Lipinski definition) is 1. The molecule has 0 unspecified atom stereocenters. The highest BCUT2D eigenvalue weighted by molar-refractivity contribution is 6.18. The predicted octanol–water partition coefficient (Wildman–Crippen LogP) is 7.13. The minimum Gasteiger partial charge on any atom is -0.455 e. The van der Waals surface area contributed by atoms with Gasteiger partial charge >= 0.3 is 0 Å². The van der Waals surface area contributed by atoms with Gasteiger partial charge in [-0.3, -0.25) is 0 Å². The maximum absolute atomic E-state index is 6.29. The Morgan fingerprint density at radius 3 is 2.62 bits per heavy atom. The second-order valence-corrected chi connectivity index (χ2v) is 6.64. The summed E-state index contributed by atoms with van der Waals surface area (Å²) in [5.74, 6) is 0. The van der Waals surface area contributed by atoms with Gasteiger partial charge in [0.1, 0.15) is 11.2 Å². The van der Waals surface area contributed by atoms with Gasteiger partial charge in [-0.05, 0) is 40.6 Å². The lowest BCUT2D eigenvalue weighted by Crippen LogP contribution is -1.84. The molecule has 0 aliphatic rings.